The van der Waals surface area contributed by atoms with Crippen molar-refractivity contribution < 1.29 is 0 Å². The maximum absolute atomic E-state index is 3.65. The van der Waals surface area contributed by atoms with E-state index in [9.17, 15) is 0 Å². The van der Waals surface area contributed by atoms with E-state index in [0.717, 1.165) is 94.7 Å². The van der Waals surface area contributed by atoms with E-state index >= 15 is 0 Å². The van der Waals surface area contributed by atoms with E-state index < -0.39 is 0 Å². The summed E-state index contributed by atoms with van der Waals surface area (Å²) in [5.41, 5.74) is 26.3. The van der Waals surface area contributed by atoms with E-state index in [1.807, 2.05) is 0 Å². The summed E-state index contributed by atoms with van der Waals surface area (Å²) in [6, 6.07) is 118. The Bertz CT molecular complexity index is 5870. The number of benzene rings is 15. The van der Waals surface area contributed by atoms with Gasteiger partial charge in [0.15, 0.2) is 0 Å². The molecule has 97 heavy (non-hydrogen) atoms. The lowest BCUT2D eigenvalue weighted by Crippen LogP contribution is -2.26. The van der Waals surface area contributed by atoms with Crippen LogP contribution in [0.25, 0.3) is 132 Å². The van der Waals surface area contributed by atoms with Gasteiger partial charge < -0.3 is 19.8 Å². The zero-order chi connectivity index (χ0) is 64.6. The number of nitrogens with zero attached hydrogens (tertiary/aromatic N) is 2. The first-order valence-electron chi connectivity index (χ1n) is 34.7. The number of fused-ring (bicyclic) bond motifs is 13. The predicted molar refractivity (Wildman–Crippen MR) is 414 cm³/mol. The Morgan fingerprint density at radius 3 is 1.21 bits per heavy atom. The van der Waals surface area contributed by atoms with Gasteiger partial charge in [-0.05, 0) is 221 Å². The summed E-state index contributed by atoms with van der Waals surface area (Å²) < 4.78 is 0. The number of anilines is 6. The van der Waals surface area contributed by atoms with Crippen molar-refractivity contribution in [2.24, 2.45) is 0 Å². The fourth-order valence-electron chi connectivity index (χ4n) is 16.4. The minimum atomic E-state index is -0.231. The SMILES string of the molecule is CCCCC1(CCCC)c2cc(N(c3ccc(-c4cccc5ccccc45)cc3)c3cccc(-c4ccc5[nH]c6ccccc6c5c4)c3)ccc2-c2ccc3cc(N(c4ccc(-c5cccc6ccccc56)cc4)c4cccc(-c5ccc6[nH]c7ccccc7c6c5)c4)ccc3c21. The van der Waals surface area contributed by atoms with Crippen molar-refractivity contribution >= 4 is 110 Å². The molecule has 2 aromatic heterocycles. The molecular formula is C93H72N4. The number of rotatable bonds is 16. The average Bonchev–Trinajstić information content (AvgIpc) is 1.55. The molecule has 4 heteroatoms. The van der Waals surface area contributed by atoms with Gasteiger partial charge in [-0.25, -0.2) is 0 Å². The highest BCUT2D eigenvalue weighted by atomic mass is 15.1. The Labute approximate surface area is 566 Å². The first kappa shape index (κ1) is 57.9. The van der Waals surface area contributed by atoms with Crippen molar-refractivity contribution in [3.8, 4) is 55.6 Å². The van der Waals surface area contributed by atoms with Gasteiger partial charge in [0.1, 0.15) is 0 Å². The first-order valence-corrected chi connectivity index (χ1v) is 34.7. The van der Waals surface area contributed by atoms with Crippen LogP contribution < -0.4 is 9.80 Å². The Balaban J connectivity index is 0.775. The molecule has 0 atom stereocenters. The molecule has 0 spiro atoms. The number of hydrogen-bond donors (Lipinski definition) is 2. The summed E-state index contributed by atoms with van der Waals surface area (Å²) in [6.07, 6.45) is 6.59. The quantitative estimate of drug-likeness (QED) is 0.101. The van der Waals surface area contributed by atoms with Crippen molar-refractivity contribution in [1.29, 1.82) is 0 Å². The number of para-hydroxylation sites is 2. The molecule has 1 aliphatic carbocycles. The van der Waals surface area contributed by atoms with Crippen LogP contribution in [-0.4, -0.2) is 9.97 Å². The van der Waals surface area contributed by atoms with Gasteiger partial charge in [0.05, 0.1) is 0 Å². The molecule has 0 unspecified atom stereocenters. The van der Waals surface area contributed by atoms with Gasteiger partial charge in [0.25, 0.3) is 0 Å². The van der Waals surface area contributed by atoms with Gasteiger partial charge in [-0.2, -0.15) is 0 Å². The summed E-state index contributed by atoms with van der Waals surface area (Å²) in [5.74, 6) is 0. The van der Waals surface area contributed by atoms with Crippen LogP contribution in [-0.2, 0) is 5.41 Å². The fourth-order valence-corrected chi connectivity index (χ4v) is 16.4. The van der Waals surface area contributed by atoms with Crippen LogP contribution in [0, 0.1) is 0 Å². The average molecular weight is 1250 g/mol. The Kier molecular flexibility index (Phi) is 14.3. The number of H-pyrrole nitrogens is 2. The van der Waals surface area contributed by atoms with E-state index in [1.165, 1.54) is 121 Å². The molecule has 4 nitrogen and oxygen atoms in total. The molecule has 464 valence electrons. The molecule has 18 rings (SSSR count). The summed E-state index contributed by atoms with van der Waals surface area (Å²) in [4.78, 5) is 12.3. The molecule has 2 N–H and O–H groups in total. The minimum Gasteiger partial charge on any atom is -0.355 e. The van der Waals surface area contributed by atoms with E-state index in [-0.39, 0.29) is 5.41 Å². The number of unbranched alkanes of at least 4 members (excludes halogenated alkanes) is 2. The number of hydrogen-bond acceptors (Lipinski definition) is 2. The van der Waals surface area contributed by atoms with Crippen molar-refractivity contribution in [1.82, 2.24) is 9.97 Å². The van der Waals surface area contributed by atoms with Crippen LogP contribution in [0.5, 0.6) is 0 Å². The van der Waals surface area contributed by atoms with Gasteiger partial charge >= 0.3 is 0 Å². The normalized spacial score (nSPS) is 12.6. The molecule has 15 aromatic carbocycles. The predicted octanol–water partition coefficient (Wildman–Crippen LogP) is 26.7. The van der Waals surface area contributed by atoms with Gasteiger partial charge in [0.2, 0.25) is 0 Å². The lowest BCUT2D eigenvalue weighted by atomic mass is 9.69. The Hall–Kier alpha value is -11.7. The molecule has 1 aliphatic rings. The number of nitrogens with one attached hydrogen (secondary N) is 2. The van der Waals surface area contributed by atoms with E-state index in [0.29, 0.717) is 0 Å². The third-order valence-corrected chi connectivity index (χ3v) is 21.1. The lowest BCUT2D eigenvalue weighted by Gasteiger charge is -2.35. The van der Waals surface area contributed by atoms with Crippen LogP contribution in [0.2, 0.25) is 0 Å². The molecule has 0 amide bonds. The van der Waals surface area contributed by atoms with Crippen LogP contribution in [0.1, 0.15) is 63.5 Å². The minimum absolute atomic E-state index is 0.231. The molecule has 17 aromatic rings. The van der Waals surface area contributed by atoms with E-state index in [2.05, 4.69) is 349 Å². The largest absolute Gasteiger partial charge is 0.355 e. The molecule has 0 bridgehead atoms. The second-order valence-electron chi connectivity index (χ2n) is 26.7. The molecule has 2 heterocycles. The lowest BCUT2D eigenvalue weighted by molar-refractivity contribution is 0.417. The second kappa shape index (κ2) is 23.9. The third kappa shape index (κ3) is 9.97. The molecule has 0 radical (unpaired) electrons. The fraction of sp³-hybridized carbons (Fsp3) is 0.0968. The van der Waals surface area contributed by atoms with Crippen molar-refractivity contribution in [2.45, 2.75) is 57.8 Å². The van der Waals surface area contributed by atoms with Gasteiger partial charge in [-0.15, -0.1) is 0 Å². The van der Waals surface area contributed by atoms with E-state index in [4.69, 9.17) is 0 Å². The first-order chi connectivity index (χ1) is 47.9. The zero-order valence-corrected chi connectivity index (χ0v) is 54.7. The monoisotopic (exact) mass is 1240 g/mol. The molecule has 0 saturated carbocycles. The second-order valence-corrected chi connectivity index (χ2v) is 26.7. The van der Waals surface area contributed by atoms with Gasteiger partial charge in [-0.3, -0.25) is 0 Å². The topological polar surface area (TPSA) is 38.1 Å². The highest BCUT2D eigenvalue weighted by Gasteiger charge is 2.44. The molecule has 0 fully saturated rings. The summed E-state index contributed by atoms with van der Waals surface area (Å²) >= 11 is 0. The number of aromatic nitrogens is 2. The summed E-state index contributed by atoms with van der Waals surface area (Å²) in [6.45, 7) is 4.73. The maximum atomic E-state index is 3.65. The maximum Gasteiger partial charge on any atom is 0.0468 e. The zero-order valence-electron chi connectivity index (χ0n) is 54.7. The van der Waals surface area contributed by atoms with Gasteiger partial charge in [-0.1, -0.05) is 246 Å². The summed E-state index contributed by atoms with van der Waals surface area (Å²) in [7, 11) is 0. The Morgan fingerprint density at radius 1 is 0.258 bits per heavy atom. The van der Waals surface area contributed by atoms with Crippen LogP contribution in [0.15, 0.2) is 315 Å². The van der Waals surface area contributed by atoms with Crippen LogP contribution >= 0.6 is 0 Å². The summed E-state index contributed by atoms with van der Waals surface area (Å²) in [5, 5.41) is 12.5. The molecule has 0 saturated heterocycles. The smallest absolute Gasteiger partial charge is 0.0468 e. The van der Waals surface area contributed by atoms with Crippen LogP contribution in [0.4, 0.5) is 34.1 Å². The van der Waals surface area contributed by atoms with E-state index in [1.54, 1.807) is 0 Å². The highest BCUT2D eigenvalue weighted by molar-refractivity contribution is 6.10. The number of aromatic amines is 2. The van der Waals surface area contributed by atoms with Crippen molar-refractivity contribution in [3.63, 3.8) is 0 Å². The van der Waals surface area contributed by atoms with Gasteiger partial charge in [0, 0.05) is 83.2 Å². The highest BCUT2D eigenvalue weighted by Crippen LogP contribution is 2.58. The van der Waals surface area contributed by atoms with Crippen molar-refractivity contribution in [2.75, 3.05) is 9.80 Å². The molecular weight excluding hydrogens is 1170 g/mol. The Morgan fingerprint density at radius 2 is 0.670 bits per heavy atom. The molecule has 0 aliphatic heterocycles. The standard InChI is InChI=1S/C93H72N4/c1-3-5-53-93(54-6-4-2)87-60-75(97(71-44-37-64(38-45-71)79-32-18-22-62-20-8-10-28-77(62)79)73-26-16-24-66(56-73)68-41-52-91-86(59-68)83-30-12-14-34-89(83)95-91)47-50-81(87)84-48-39-69-57-74(46-49-80(69)92(84)93)96(70-42-35-63(36-43-70)78-31-17-21-61-19-7-9-27-76(61)78)72-25-15-23-65(55-72)67-40-51-90-85(58-67)82-29-11-13-33-88(82)94-90/h7-52,55-60,94-95H,3-6,53-54H2,1-2H3. The van der Waals surface area contributed by atoms with Crippen LogP contribution in [0.3, 0.4) is 0 Å². The van der Waals surface area contributed by atoms with Crippen molar-refractivity contribution in [3.05, 3.63) is 327 Å². The third-order valence-electron chi connectivity index (χ3n) is 21.1.